The number of allylic oxidation sites excluding steroid dienone is 4. The van der Waals surface area contributed by atoms with Crippen molar-refractivity contribution in [3.05, 3.63) is 23.3 Å². The van der Waals surface area contributed by atoms with Crippen molar-refractivity contribution in [1.82, 2.24) is 0 Å². The molecule has 0 aromatic heterocycles. The molecule has 0 fully saturated rings. The van der Waals surface area contributed by atoms with Gasteiger partial charge in [0.05, 0.1) is 0 Å². The molecule has 0 unspecified atom stereocenters. The number of hydrogen-bond acceptors (Lipinski definition) is 0. The van der Waals surface area contributed by atoms with E-state index in [9.17, 15) is 0 Å². The Morgan fingerprint density at radius 2 is 1.13 bits per heavy atom. The summed E-state index contributed by atoms with van der Waals surface area (Å²) < 4.78 is 0. The molecule has 0 aromatic carbocycles. The van der Waals surface area contributed by atoms with Gasteiger partial charge in [0.1, 0.15) is 0 Å². The van der Waals surface area contributed by atoms with Crippen LogP contribution in [-0.4, -0.2) is 0 Å². The summed E-state index contributed by atoms with van der Waals surface area (Å²) >= 11 is 0. The molecule has 0 aliphatic heterocycles. The summed E-state index contributed by atoms with van der Waals surface area (Å²) in [6.07, 6.45) is 8.36. The van der Waals surface area contributed by atoms with Crippen LogP contribution in [0.5, 0.6) is 0 Å². The first-order valence-corrected chi connectivity index (χ1v) is 6.03. The van der Waals surface area contributed by atoms with Gasteiger partial charge >= 0.3 is 0 Å². The molecule has 1 aliphatic carbocycles. The third kappa shape index (κ3) is 5.20. The van der Waals surface area contributed by atoms with Crippen LogP contribution in [0, 0.1) is 10.8 Å². The Kier molecular flexibility index (Phi) is 3.48. The van der Waals surface area contributed by atoms with Gasteiger partial charge in [0.15, 0.2) is 0 Å². The highest BCUT2D eigenvalue weighted by molar-refractivity contribution is 5.31. The molecule has 86 valence electrons. The van der Waals surface area contributed by atoms with Crippen molar-refractivity contribution in [2.24, 2.45) is 10.8 Å². The Bertz CT molecular complexity index is 246. The van der Waals surface area contributed by atoms with Gasteiger partial charge in [-0.15, -0.1) is 0 Å². The Balaban J connectivity index is 2.43. The van der Waals surface area contributed by atoms with Crippen molar-refractivity contribution in [2.75, 3.05) is 0 Å². The summed E-state index contributed by atoms with van der Waals surface area (Å²) in [4.78, 5) is 0. The van der Waals surface area contributed by atoms with Crippen molar-refractivity contribution in [3.8, 4) is 0 Å². The van der Waals surface area contributed by atoms with E-state index in [1.54, 1.807) is 11.1 Å². The minimum absolute atomic E-state index is 0.427. The van der Waals surface area contributed by atoms with E-state index in [0.717, 1.165) is 0 Å². The minimum Gasteiger partial charge on any atom is -0.0656 e. The first-order chi connectivity index (χ1) is 6.66. The Morgan fingerprint density at radius 1 is 0.800 bits per heavy atom. The van der Waals surface area contributed by atoms with Crippen molar-refractivity contribution >= 4 is 0 Å². The maximum atomic E-state index is 2.34. The van der Waals surface area contributed by atoms with Gasteiger partial charge < -0.3 is 0 Å². The average Bonchev–Trinajstić information content (AvgIpc) is 2.28. The van der Waals surface area contributed by atoms with E-state index in [0.29, 0.717) is 10.8 Å². The van der Waals surface area contributed by atoms with Crippen molar-refractivity contribution in [1.29, 1.82) is 0 Å². The van der Waals surface area contributed by atoms with Crippen LogP contribution < -0.4 is 0 Å². The van der Waals surface area contributed by atoms with Gasteiger partial charge in [-0.1, -0.05) is 64.8 Å². The second-order valence-corrected chi connectivity index (χ2v) is 7.30. The smallest absolute Gasteiger partial charge is 0.0102 e. The first kappa shape index (κ1) is 12.5. The van der Waals surface area contributed by atoms with Crippen molar-refractivity contribution in [3.63, 3.8) is 0 Å². The monoisotopic (exact) mass is 206 g/mol. The van der Waals surface area contributed by atoms with Crippen LogP contribution in [0.4, 0.5) is 0 Å². The molecule has 1 aliphatic rings. The minimum atomic E-state index is 0.427. The highest BCUT2D eigenvalue weighted by atomic mass is 14.2. The standard InChI is InChI=1S/C15H26/c1-14(2,3)10-12-7-8-13(9-12)11-15(4,5)6/h7-8H,9-11H2,1-6H3. The molecule has 0 saturated carbocycles. The Hall–Kier alpha value is -0.520. The molecule has 0 aromatic rings. The van der Waals surface area contributed by atoms with Crippen LogP contribution in [0.1, 0.15) is 60.8 Å². The zero-order valence-corrected chi connectivity index (χ0v) is 11.3. The number of hydrogen-bond donors (Lipinski definition) is 0. The van der Waals surface area contributed by atoms with Gasteiger partial charge in [-0.2, -0.15) is 0 Å². The second-order valence-electron chi connectivity index (χ2n) is 7.30. The van der Waals surface area contributed by atoms with Gasteiger partial charge in [0, 0.05) is 0 Å². The van der Waals surface area contributed by atoms with Crippen molar-refractivity contribution in [2.45, 2.75) is 60.8 Å². The maximum Gasteiger partial charge on any atom is -0.0102 e. The summed E-state index contributed by atoms with van der Waals surface area (Å²) in [7, 11) is 0. The quantitative estimate of drug-likeness (QED) is 0.588. The molecule has 0 spiro atoms. The largest absolute Gasteiger partial charge is 0.0656 e. The normalized spacial score (nSPS) is 17.7. The summed E-state index contributed by atoms with van der Waals surface area (Å²) in [6.45, 7) is 13.9. The van der Waals surface area contributed by atoms with Gasteiger partial charge in [0.25, 0.3) is 0 Å². The van der Waals surface area contributed by atoms with Crippen LogP contribution in [0.3, 0.4) is 0 Å². The highest BCUT2D eigenvalue weighted by Crippen LogP contribution is 2.35. The number of rotatable bonds is 2. The molecular formula is C15H26. The lowest BCUT2D eigenvalue weighted by atomic mass is 9.84. The third-order valence-corrected chi connectivity index (χ3v) is 2.52. The highest BCUT2D eigenvalue weighted by Gasteiger charge is 2.19. The van der Waals surface area contributed by atoms with Gasteiger partial charge in [-0.05, 0) is 30.1 Å². The molecule has 15 heavy (non-hydrogen) atoms. The lowest BCUT2D eigenvalue weighted by Crippen LogP contribution is -2.08. The molecule has 0 nitrogen and oxygen atoms in total. The SMILES string of the molecule is CC(C)(C)CC1=CC=C(CC(C)(C)C)C1. The van der Waals surface area contributed by atoms with E-state index < -0.39 is 0 Å². The van der Waals surface area contributed by atoms with E-state index in [-0.39, 0.29) is 0 Å². The molecule has 0 atom stereocenters. The maximum absolute atomic E-state index is 2.34. The van der Waals surface area contributed by atoms with E-state index in [4.69, 9.17) is 0 Å². The molecule has 0 N–H and O–H groups in total. The lowest BCUT2D eigenvalue weighted by molar-refractivity contribution is 0.396. The van der Waals surface area contributed by atoms with E-state index in [1.807, 2.05) is 0 Å². The summed E-state index contributed by atoms with van der Waals surface area (Å²) in [5.41, 5.74) is 4.08. The van der Waals surface area contributed by atoms with Crippen LogP contribution in [0.25, 0.3) is 0 Å². The van der Waals surface area contributed by atoms with E-state index in [1.165, 1.54) is 19.3 Å². The second kappa shape index (κ2) is 4.15. The molecule has 0 bridgehead atoms. The van der Waals surface area contributed by atoms with Gasteiger partial charge in [0.2, 0.25) is 0 Å². The summed E-state index contributed by atoms with van der Waals surface area (Å²) in [5.74, 6) is 0. The Labute approximate surface area is 95.5 Å². The fraction of sp³-hybridized carbons (Fsp3) is 0.733. The van der Waals surface area contributed by atoms with Crippen LogP contribution in [0.15, 0.2) is 23.3 Å². The molecule has 1 rings (SSSR count). The molecule has 0 saturated heterocycles. The fourth-order valence-corrected chi connectivity index (χ4v) is 2.25. The van der Waals surface area contributed by atoms with Crippen molar-refractivity contribution < 1.29 is 0 Å². The third-order valence-electron chi connectivity index (χ3n) is 2.52. The van der Waals surface area contributed by atoms with Crippen LogP contribution >= 0.6 is 0 Å². The van der Waals surface area contributed by atoms with Crippen LogP contribution in [0.2, 0.25) is 0 Å². The van der Waals surface area contributed by atoms with E-state index >= 15 is 0 Å². The molecule has 0 radical (unpaired) electrons. The van der Waals surface area contributed by atoms with Gasteiger partial charge in [-0.25, -0.2) is 0 Å². The average molecular weight is 206 g/mol. The predicted molar refractivity (Wildman–Crippen MR) is 68.9 cm³/mol. The molecule has 0 heterocycles. The van der Waals surface area contributed by atoms with Crippen LogP contribution in [-0.2, 0) is 0 Å². The Morgan fingerprint density at radius 3 is 1.40 bits per heavy atom. The lowest BCUT2D eigenvalue weighted by Gasteiger charge is -2.21. The van der Waals surface area contributed by atoms with E-state index in [2.05, 4.69) is 53.7 Å². The summed E-state index contributed by atoms with van der Waals surface area (Å²) in [6, 6.07) is 0. The zero-order valence-electron chi connectivity index (χ0n) is 11.3. The first-order valence-electron chi connectivity index (χ1n) is 6.03. The molecule has 0 heteroatoms. The topological polar surface area (TPSA) is 0 Å². The van der Waals surface area contributed by atoms with Gasteiger partial charge in [-0.3, -0.25) is 0 Å². The zero-order chi connectivity index (χ0) is 11.7. The molecular weight excluding hydrogens is 180 g/mol. The predicted octanol–water partition coefficient (Wildman–Crippen LogP) is 5.12. The fourth-order valence-electron chi connectivity index (χ4n) is 2.25. The molecule has 0 amide bonds. The summed E-state index contributed by atoms with van der Waals surface area (Å²) in [5, 5.41) is 0.